The van der Waals surface area contributed by atoms with Gasteiger partial charge in [0, 0.05) is 19.3 Å². The molecular formula is C13H22N2O. The molecule has 1 unspecified atom stereocenters. The molecule has 0 radical (unpaired) electrons. The number of benzene rings is 1. The lowest BCUT2D eigenvalue weighted by molar-refractivity contribution is 0.199. The molecular weight excluding hydrogens is 200 g/mol. The molecule has 0 aromatic heterocycles. The van der Waals surface area contributed by atoms with Crippen LogP contribution in [-0.2, 0) is 4.74 Å². The van der Waals surface area contributed by atoms with Gasteiger partial charge in [-0.2, -0.15) is 0 Å². The van der Waals surface area contributed by atoms with E-state index in [2.05, 4.69) is 24.4 Å². The Morgan fingerprint density at radius 1 is 1.25 bits per heavy atom. The summed E-state index contributed by atoms with van der Waals surface area (Å²) < 4.78 is 4.97. The highest BCUT2D eigenvalue weighted by atomic mass is 16.5. The van der Waals surface area contributed by atoms with E-state index < -0.39 is 0 Å². The Morgan fingerprint density at radius 3 is 2.56 bits per heavy atom. The molecule has 0 spiro atoms. The number of nitrogens with one attached hydrogen (secondary N) is 1. The van der Waals surface area contributed by atoms with Crippen molar-refractivity contribution in [3.8, 4) is 0 Å². The van der Waals surface area contributed by atoms with Crippen LogP contribution in [0.5, 0.6) is 0 Å². The maximum atomic E-state index is 5.66. The molecule has 1 aromatic rings. The second-order valence-electron chi connectivity index (χ2n) is 4.10. The van der Waals surface area contributed by atoms with Crippen molar-refractivity contribution < 1.29 is 4.74 Å². The summed E-state index contributed by atoms with van der Waals surface area (Å²) in [7, 11) is 1.72. The van der Waals surface area contributed by atoms with Gasteiger partial charge in [0.05, 0.1) is 6.61 Å². The van der Waals surface area contributed by atoms with E-state index in [0.717, 1.165) is 31.8 Å². The van der Waals surface area contributed by atoms with E-state index in [9.17, 15) is 0 Å². The summed E-state index contributed by atoms with van der Waals surface area (Å²) in [5.41, 5.74) is 7.83. The van der Waals surface area contributed by atoms with Crippen molar-refractivity contribution in [2.45, 2.75) is 19.3 Å². The third kappa shape index (κ3) is 4.64. The molecule has 0 bridgehead atoms. The minimum atomic E-state index is 0.565. The van der Waals surface area contributed by atoms with Crippen LogP contribution < -0.4 is 11.1 Å². The monoisotopic (exact) mass is 222 g/mol. The van der Waals surface area contributed by atoms with Gasteiger partial charge >= 0.3 is 0 Å². The Kier molecular flexibility index (Phi) is 5.90. The third-order valence-electron chi connectivity index (χ3n) is 2.74. The molecule has 1 atom stereocenters. The number of hydrogen-bond donors (Lipinski definition) is 2. The predicted molar refractivity (Wildman–Crippen MR) is 68.6 cm³/mol. The first kappa shape index (κ1) is 13.0. The fourth-order valence-corrected chi connectivity index (χ4v) is 1.61. The van der Waals surface area contributed by atoms with Crippen LogP contribution in [0.2, 0.25) is 0 Å². The fourth-order valence-electron chi connectivity index (χ4n) is 1.61. The van der Waals surface area contributed by atoms with Gasteiger partial charge in [0.1, 0.15) is 0 Å². The van der Waals surface area contributed by atoms with E-state index in [1.165, 1.54) is 5.56 Å². The molecule has 0 amide bonds. The van der Waals surface area contributed by atoms with E-state index >= 15 is 0 Å². The standard InChI is InChI=1S/C13H22N2O/c1-11(7-8-15-9-10-16-2)12-3-5-13(14)6-4-12/h3-6,11,15H,7-10,14H2,1-2H3. The molecule has 0 fully saturated rings. The van der Waals surface area contributed by atoms with Gasteiger partial charge < -0.3 is 15.8 Å². The highest BCUT2D eigenvalue weighted by molar-refractivity contribution is 5.40. The molecule has 3 nitrogen and oxygen atoms in total. The van der Waals surface area contributed by atoms with Gasteiger partial charge in [0.15, 0.2) is 0 Å². The summed E-state index contributed by atoms with van der Waals surface area (Å²) in [6.45, 7) is 4.96. The normalized spacial score (nSPS) is 12.6. The number of nitrogens with two attached hydrogens (primary N) is 1. The van der Waals surface area contributed by atoms with Crippen molar-refractivity contribution in [1.82, 2.24) is 5.32 Å². The first-order valence-electron chi connectivity index (χ1n) is 5.79. The van der Waals surface area contributed by atoms with Gasteiger partial charge in [0.2, 0.25) is 0 Å². The molecule has 0 aliphatic carbocycles. The Balaban J connectivity index is 2.24. The quantitative estimate of drug-likeness (QED) is 0.548. The van der Waals surface area contributed by atoms with Gasteiger partial charge in [-0.15, -0.1) is 0 Å². The maximum absolute atomic E-state index is 5.66. The Bertz CT molecular complexity index is 284. The highest BCUT2D eigenvalue weighted by Crippen LogP contribution is 2.19. The van der Waals surface area contributed by atoms with Crippen LogP contribution in [0.4, 0.5) is 5.69 Å². The van der Waals surface area contributed by atoms with E-state index in [1.54, 1.807) is 7.11 Å². The smallest absolute Gasteiger partial charge is 0.0587 e. The van der Waals surface area contributed by atoms with Crippen molar-refractivity contribution in [1.29, 1.82) is 0 Å². The second kappa shape index (κ2) is 7.25. The van der Waals surface area contributed by atoms with Gasteiger partial charge in [-0.05, 0) is 36.6 Å². The van der Waals surface area contributed by atoms with E-state index in [1.807, 2.05) is 12.1 Å². The Morgan fingerprint density at radius 2 is 1.94 bits per heavy atom. The van der Waals surface area contributed by atoms with E-state index in [0.29, 0.717) is 5.92 Å². The first-order valence-corrected chi connectivity index (χ1v) is 5.79. The van der Waals surface area contributed by atoms with Crippen LogP contribution in [0.1, 0.15) is 24.8 Å². The summed E-state index contributed by atoms with van der Waals surface area (Å²) in [4.78, 5) is 0. The van der Waals surface area contributed by atoms with Crippen molar-refractivity contribution in [2.24, 2.45) is 0 Å². The minimum Gasteiger partial charge on any atom is -0.399 e. The lowest BCUT2D eigenvalue weighted by Crippen LogP contribution is -2.21. The number of anilines is 1. The zero-order valence-electron chi connectivity index (χ0n) is 10.2. The van der Waals surface area contributed by atoms with Crippen LogP contribution >= 0.6 is 0 Å². The number of rotatable bonds is 7. The van der Waals surface area contributed by atoms with Crippen LogP contribution in [0.25, 0.3) is 0 Å². The predicted octanol–water partition coefficient (Wildman–Crippen LogP) is 2.00. The van der Waals surface area contributed by atoms with Crippen molar-refractivity contribution in [3.05, 3.63) is 29.8 Å². The van der Waals surface area contributed by atoms with Crippen LogP contribution in [-0.4, -0.2) is 26.8 Å². The van der Waals surface area contributed by atoms with Gasteiger partial charge in [-0.3, -0.25) is 0 Å². The van der Waals surface area contributed by atoms with Crippen LogP contribution in [0, 0.1) is 0 Å². The molecule has 90 valence electrons. The van der Waals surface area contributed by atoms with Gasteiger partial charge in [-0.1, -0.05) is 19.1 Å². The molecule has 3 heteroatoms. The summed E-state index contributed by atoms with van der Waals surface area (Å²) in [6, 6.07) is 8.14. The van der Waals surface area contributed by atoms with Crippen molar-refractivity contribution in [3.63, 3.8) is 0 Å². The first-order chi connectivity index (χ1) is 7.74. The maximum Gasteiger partial charge on any atom is 0.0587 e. The van der Waals surface area contributed by atoms with Gasteiger partial charge in [-0.25, -0.2) is 0 Å². The molecule has 0 saturated carbocycles. The van der Waals surface area contributed by atoms with Crippen LogP contribution in [0.3, 0.4) is 0 Å². The average Bonchev–Trinajstić information content (AvgIpc) is 2.29. The van der Waals surface area contributed by atoms with E-state index in [4.69, 9.17) is 10.5 Å². The number of nitrogen functional groups attached to an aromatic ring is 1. The summed E-state index contributed by atoms with van der Waals surface area (Å²) in [6.07, 6.45) is 1.13. The number of hydrogen-bond acceptors (Lipinski definition) is 3. The largest absolute Gasteiger partial charge is 0.399 e. The van der Waals surface area contributed by atoms with Crippen LogP contribution in [0.15, 0.2) is 24.3 Å². The van der Waals surface area contributed by atoms with Crippen molar-refractivity contribution in [2.75, 3.05) is 32.5 Å². The lowest BCUT2D eigenvalue weighted by Gasteiger charge is -2.12. The zero-order valence-corrected chi connectivity index (χ0v) is 10.2. The van der Waals surface area contributed by atoms with Crippen molar-refractivity contribution >= 4 is 5.69 Å². The summed E-state index contributed by atoms with van der Waals surface area (Å²) in [5.74, 6) is 0.565. The topological polar surface area (TPSA) is 47.3 Å². The third-order valence-corrected chi connectivity index (χ3v) is 2.74. The molecule has 1 aromatic carbocycles. The molecule has 3 N–H and O–H groups in total. The SMILES string of the molecule is COCCNCCC(C)c1ccc(N)cc1. The van der Waals surface area contributed by atoms with Gasteiger partial charge in [0.25, 0.3) is 0 Å². The molecule has 1 rings (SSSR count). The Labute approximate surface area is 98.0 Å². The molecule has 0 aliphatic rings. The number of ether oxygens (including phenoxy) is 1. The number of methoxy groups -OCH3 is 1. The zero-order chi connectivity index (χ0) is 11.8. The average molecular weight is 222 g/mol. The Hall–Kier alpha value is -1.06. The van der Waals surface area contributed by atoms with E-state index in [-0.39, 0.29) is 0 Å². The second-order valence-corrected chi connectivity index (χ2v) is 4.10. The minimum absolute atomic E-state index is 0.565. The summed E-state index contributed by atoms with van der Waals surface area (Å²) >= 11 is 0. The highest BCUT2D eigenvalue weighted by Gasteiger charge is 2.04. The molecule has 0 saturated heterocycles. The summed E-state index contributed by atoms with van der Waals surface area (Å²) in [5, 5.41) is 3.35. The molecule has 0 heterocycles. The molecule has 0 aliphatic heterocycles. The lowest BCUT2D eigenvalue weighted by atomic mass is 9.98. The molecule has 16 heavy (non-hydrogen) atoms. The fraction of sp³-hybridized carbons (Fsp3) is 0.538.